The van der Waals surface area contributed by atoms with Crippen LogP contribution in [0.25, 0.3) is 0 Å². The molecule has 1 unspecified atom stereocenters. The molecular weight excluding hydrogens is 182 g/mol. The Morgan fingerprint density at radius 1 is 1.31 bits per heavy atom. The van der Waals surface area contributed by atoms with Crippen LogP contribution in [0, 0.1) is 13.8 Å². The van der Waals surface area contributed by atoms with Crippen molar-refractivity contribution >= 4 is 11.6 Å². The first-order valence-electron chi connectivity index (χ1n) is 4.58. The van der Waals surface area contributed by atoms with Gasteiger partial charge in [-0.2, -0.15) is 0 Å². The predicted molar refractivity (Wildman–Crippen MR) is 58.1 cm³/mol. The smallest absolute Gasteiger partial charge is 0.0438 e. The number of aryl methyl sites for hydroxylation is 2. The van der Waals surface area contributed by atoms with Crippen molar-refractivity contribution in [3.05, 3.63) is 33.8 Å². The first-order valence-corrected chi connectivity index (χ1v) is 4.96. The monoisotopic (exact) mass is 197 g/mol. The molecule has 2 heteroatoms. The van der Waals surface area contributed by atoms with Crippen LogP contribution in [0.5, 0.6) is 0 Å². The molecule has 72 valence electrons. The number of benzene rings is 1. The van der Waals surface area contributed by atoms with Gasteiger partial charge in [-0.25, -0.2) is 0 Å². The molecule has 13 heavy (non-hydrogen) atoms. The topological polar surface area (TPSA) is 26.0 Å². The van der Waals surface area contributed by atoms with Crippen LogP contribution in [0.4, 0.5) is 0 Å². The van der Waals surface area contributed by atoms with Crippen LogP contribution in [0.2, 0.25) is 5.02 Å². The highest BCUT2D eigenvalue weighted by Gasteiger charge is 2.08. The average Bonchev–Trinajstić information content (AvgIpc) is 2.10. The second-order valence-electron chi connectivity index (χ2n) is 3.47. The van der Waals surface area contributed by atoms with Gasteiger partial charge in [0.05, 0.1) is 0 Å². The molecule has 0 bridgehead atoms. The number of nitrogens with two attached hydrogens (primary N) is 1. The van der Waals surface area contributed by atoms with Crippen molar-refractivity contribution in [2.24, 2.45) is 5.73 Å². The SMILES string of the molecule is CCC(N)c1cc(Cl)c(C)cc1C. The Balaban J connectivity index is 3.15. The molecule has 0 heterocycles. The zero-order valence-electron chi connectivity index (χ0n) is 8.39. The van der Waals surface area contributed by atoms with E-state index >= 15 is 0 Å². The Labute approximate surface area is 84.9 Å². The zero-order chi connectivity index (χ0) is 10.0. The Kier molecular flexibility index (Phi) is 3.34. The Morgan fingerprint density at radius 2 is 1.92 bits per heavy atom. The molecule has 0 aromatic heterocycles. The fraction of sp³-hybridized carbons (Fsp3) is 0.455. The van der Waals surface area contributed by atoms with E-state index in [9.17, 15) is 0 Å². The minimum absolute atomic E-state index is 0.109. The standard InChI is InChI=1S/C11H16ClN/c1-4-11(13)9-6-10(12)8(3)5-7(9)2/h5-6,11H,4,13H2,1-3H3. The Hall–Kier alpha value is -0.530. The largest absolute Gasteiger partial charge is 0.324 e. The van der Waals surface area contributed by atoms with Crippen LogP contribution in [0.15, 0.2) is 12.1 Å². The molecule has 1 atom stereocenters. The van der Waals surface area contributed by atoms with Gasteiger partial charge in [0.25, 0.3) is 0 Å². The summed E-state index contributed by atoms with van der Waals surface area (Å²) >= 11 is 6.03. The molecule has 0 spiro atoms. The fourth-order valence-corrected chi connectivity index (χ4v) is 1.63. The van der Waals surface area contributed by atoms with E-state index in [-0.39, 0.29) is 6.04 Å². The zero-order valence-corrected chi connectivity index (χ0v) is 9.15. The van der Waals surface area contributed by atoms with Gasteiger partial charge in [-0.05, 0) is 43.0 Å². The van der Waals surface area contributed by atoms with Crippen molar-refractivity contribution in [1.29, 1.82) is 0 Å². The summed E-state index contributed by atoms with van der Waals surface area (Å²) in [7, 11) is 0. The lowest BCUT2D eigenvalue weighted by Crippen LogP contribution is -2.10. The summed E-state index contributed by atoms with van der Waals surface area (Å²) in [5, 5.41) is 0.810. The summed E-state index contributed by atoms with van der Waals surface area (Å²) in [6.07, 6.45) is 0.945. The van der Waals surface area contributed by atoms with E-state index in [2.05, 4.69) is 19.9 Å². The van der Waals surface area contributed by atoms with Crippen molar-refractivity contribution in [2.75, 3.05) is 0 Å². The predicted octanol–water partition coefficient (Wildman–Crippen LogP) is 3.37. The van der Waals surface area contributed by atoms with Crippen LogP contribution < -0.4 is 5.73 Å². The van der Waals surface area contributed by atoms with E-state index in [0.717, 1.165) is 22.6 Å². The summed E-state index contributed by atoms with van der Waals surface area (Å²) in [4.78, 5) is 0. The van der Waals surface area contributed by atoms with Crippen molar-refractivity contribution in [1.82, 2.24) is 0 Å². The molecule has 0 radical (unpaired) electrons. The molecule has 0 saturated carbocycles. The van der Waals surface area contributed by atoms with Gasteiger partial charge in [0.1, 0.15) is 0 Å². The van der Waals surface area contributed by atoms with Gasteiger partial charge in [-0.3, -0.25) is 0 Å². The van der Waals surface area contributed by atoms with Gasteiger partial charge < -0.3 is 5.73 Å². The molecule has 0 aliphatic heterocycles. The molecule has 0 saturated heterocycles. The molecule has 2 N–H and O–H groups in total. The summed E-state index contributed by atoms with van der Waals surface area (Å²) in [5.41, 5.74) is 9.47. The van der Waals surface area contributed by atoms with Crippen LogP contribution in [-0.2, 0) is 0 Å². The average molecular weight is 198 g/mol. The van der Waals surface area contributed by atoms with Gasteiger partial charge >= 0.3 is 0 Å². The van der Waals surface area contributed by atoms with Crippen LogP contribution in [-0.4, -0.2) is 0 Å². The second kappa shape index (κ2) is 4.12. The van der Waals surface area contributed by atoms with Gasteiger partial charge in [0.15, 0.2) is 0 Å². The molecule has 0 amide bonds. The van der Waals surface area contributed by atoms with E-state index in [1.807, 2.05) is 13.0 Å². The third kappa shape index (κ3) is 2.23. The van der Waals surface area contributed by atoms with E-state index in [1.165, 1.54) is 5.56 Å². The first-order chi connectivity index (χ1) is 6.06. The summed E-state index contributed by atoms with van der Waals surface area (Å²) in [5.74, 6) is 0. The van der Waals surface area contributed by atoms with E-state index in [0.29, 0.717) is 0 Å². The maximum absolute atomic E-state index is 6.03. The van der Waals surface area contributed by atoms with Crippen LogP contribution in [0.1, 0.15) is 36.1 Å². The molecule has 1 nitrogen and oxygen atoms in total. The normalized spacial score (nSPS) is 13.0. The Morgan fingerprint density at radius 3 is 2.46 bits per heavy atom. The lowest BCUT2D eigenvalue weighted by molar-refractivity contribution is 0.694. The minimum atomic E-state index is 0.109. The maximum atomic E-state index is 6.03. The highest BCUT2D eigenvalue weighted by molar-refractivity contribution is 6.31. The lowest BCUT2D eigenvalue weighted by Gasteiger charge is -2.14. The highest BCUT2D eigenvalue weighted by Crippen LogP contribution is 2.25. The number of halogens is 1. The van der Waals surface area contributed by atoms with Gasteiger partial charge in [-0.1, -0.05) is 24.6 Å². The molecule has 0 aliphatic rings. The van der Waals surface area contributed by atoms with Gasteiger partial charge in [-0.15, -0.1) is 0 Å². The molecule has 0 fully saturated rings. The van der Waals surface area contributed by atoms with Crippen molar-refractivity contribution in [3.63, 3.8) is 0 Å². The summed E-state index contributed by atoms with van der Waals surface area (Å²) in [6.45, 7) is 6.17. The van der Waals surface area contributed by atoms with Crippen molar-refractivity contribution < 1.29 is 0 Å². The molecule has 1 aromatic carbocycles. The van der Waals surface area contributed by atoms with Crippen molar-refractivity contribution in [2.45, 2.75) is 33.2 Å². The fourth-order valence-electron chi connectivity index (χ4n) is 1.46. The van der Waals surface area contributed by atoms with Crippen molar-refractivity contribution in [3.8, 4) is 0 Å². The van der Waals surface area contributed by atoms with E-state index < -0.39 is 0 Å². The van der Waals surface area contributed by atoms with E-state index in [4.69, 9.17) is 17.3 Å². The van der Waals surface area contributed by atoms with Gasteiger partial charge in [0, 0.05) is 11.1 Å². The summed E-state index contributed by atoms with van der Waals surface area (Å²) in [6, 6.07) is 4.19. The lowest BCUT2D eigenvalue weighted by atomic mass is 9.98. The quantitative estimate of drug-likeness (QED) is 0.773. The third-order valence-electron chi connectivity index (χ3n) is 2.39. The second-order valence-corrected chi connectivity index (χ2v) is 3.88. The first kappa shape index (κ1) is 10.6. The molecule has 1 rings (SSSR count). The molecular formula is C11H16ClN. The number of rotatable bonds is 2. The molecule has 0 aliphatic carbocycles. The molecule has 1 aromatic rings. The summed E-state index contributed by atoms with van der Waals surface area (Å²) < 4.78 is 0. The van der Waals surface area contributed by atoms with Gasteiger partial charge in [0.2, 0.25) is 0 Å². The van der Waals surface area contributed by atoms with Crippen LogP contribution >= 0.6 is 11.6 Å². The number of hydrogen-bond donors (Lipinski definition) is 1. The minimum Gasteiger partial charge on any atom is -0.324 e. The maximum Gasteiger partial charge on any atom is 0.0438 e. The van der Waals surface area contributed by atoms with Crippen LogP contribution in [0.3, 0.4) is 0 Å². The van der Waals surface area contributed by atoms with E-state index in [1.54, 1.807) is 0 Å². The highest BCUT2D eigenvalue weighted by atomic mass is 35.5. The Bertz CT molecular complexity index is 307. The number of hydrogen-bond acceptors (Lipinski definition) is 1. The third-order valence-corrected chi connectivity index (χ3v) is 2.79.